The fourth-order valence-corrected chi connectivity index (χ4v) is 3.77. The van der Waals surface area contributed by atoms with E-state index in [4.69, 9.17) is 0 Å². The summed E-state index contributed by atoms with van der Waals surface area (Å²) in [5, 5.41) is 3.27. The van der Waals surface area contributed by atoms with E-state index in [-0.39, 0.29) is 23.5 Å². The summed E-state index contributed by atoms with van der Waals surface area (Å²) >= 11 is 1.39. The number of nitrogens with zero attached hydrogens (tertiary/aromatic N) is 2. The number of hydrogen-bond donors (Lipinski definition) is 1. The van der Waals surface area contributed by atoms with Crippen LogP contribution in [0.25, 0.3) is 0 Å². The van der Waals surface area contributed by atoms with Crippen molar-refractivity contribution in [2.24, 2.45) is 4.99 Å². The number of amidine groups is 1. The molecule has 1 N–H and O–H groups in total. The van der Waals surface area contributed by atoms with Crippen molar-refractivity contribution < 1.29 is 9.59 Å². The molecule has 0 radical (unpaired) electrons. The molecule has 6 heteroatoms. The van der Waals surface area contributed by atoms with Gasteiger partial charge < -0.3 is 5.32 Å². The molecule has 1 aliphatic heterocycles. The lowest BCUT2D eigenvalue weighted by Crippen LogP contribution is -2.33. The van der Waals surface area contributed by atoms with Crippen LogP contribution in [0.3, 0.4) is 0 Å². The molecule has 1 fully saturated rings. The summed E-state index contributed by atoms with van der Waals surface area (Å²) in [5.41, 5.74) is 1.92. The number of carbonyl (C=O) groups excluding carboxylic acids is 2. The summed E-state index contributed by atoms with van der Waals surface area (Å²) in [6.07, 6.45) is 1.02. The first-order chi connectivity index (χ1) is 11.1. The SMILES string of the molecule is CCN=C1S[C@@H](CC(=O)Nc2ccccc2CC)C(=O)N1CC. The van der Waals surface area contributed by atoms with Crippen LogP contribution in [0, 0.1) is 0 Å². The molecular weight excluding hydrogens is 310 g/mol. The number of aliphatic imine (C=N–C) groups is 1. The lowest BCUT2D eigenvalue weighted by molar-refractivity contribution is -0.128. The molecule has 1 saturated heterocycles. The number of para-hydroxylation sites is 1. The van der Waals surface area contributed by atoms with Crippen LogP contribution in [0.2, 0.25) is 0 Å². The highest BCUT2D eigenvalue weighted by Gasteiger charge is 2.38. The third-order valence-electron chi connectivity index (χ3n) is 3.67. The van der Waals surface area contributed by atoms with Gasteiger partial charge in [-0.15, -0.1) is 0 Å². The predicted molar refractivity (Wildman–Crippen MR) is 95.8 cm³/mol. The molecule has 0 unspecified atom stereocenters. The average molecular weight is 333 g/mol. The molecule has 2 rings (SSSR count). The molecule has 1 heterocycles. The Bertz CT molecular complexity index is 616. The van der Waals surface area contributed by atoms with Crippen molar-refractivity contribution >= 4 is 34.4 Å². The van der Waals surface area contributed by atoms with Gasteiger partial charge in [0, 0.05) is 25.2 Å². The highest BCUT2D eigenvalue weighted by molar-refractivity contribution is 8.15. The molecule has 1 aliphatic rings. The van der Waals surface area contributed by atoms with E-state index in [1.807, 2.05) is 45.0 Å². The van der Waals surface area contributed by atoms with E-state index < -0.39 is 0 Å². The van der Waals surface area contributed by atoms with Crippen LogP contribution in [-0.4, -0.2) is 40.2 Å². The lowest BCUT2D eigenvalue weighted by atomic mass is 10.1. The molecule has 5 nitrogen and oxygen atoms in total. The lowest BCUT2D eigenvalue weighted by Gasteiger charge is -2.13. The third-order valence-corrected chi connectivity index (χ3v) is 4.89. The summed E-state index contributed by atoms with van der Waals surface area (Å²) in [6, 6.07) is 7.74. The van der Waals surface area contributed by atoms with Crippen molar-refractivity contribution in [3.63, 3.8) is 0 Å². The van der Waals surface area contributed by atoms with E-state index >= 15 is 0 Å². The maximum absolute atomic E-state index is 12.4. The molecule has 0 aliphatic carbocycles. The van der Waals surface area contributed by atoms with Gasteiger partial charge in [-0.05, 0) is 31.9 Å². The van der Waals surface area contributed by atoms with Crippen molar-refractivity contribution in [2.45, 2.75) is 38.9 Å². The average Bonchev–Trinajstić information content (AvgIpc) is 2.83. The Morgan fingerprint density at radius 3 is 2.70 bits per heavy atom. The molecule has 0 bridgehead atoms. The zero-order valence-electron chi connectivity index (χ0n) is 13.8. The fraction of sp³-hybridized carbons (Fsp3) is 0.471. The van der Waals surface area contributed by atoms with Crippen LogP contribution >= 0.6 is 11.8 Å². The van der Waals surface area contributed by atoms with Gasteiger partial charge >= 0.3 is 0 Å². The molecule has 1 aromatic carbocycles. The summed E-state index contributed by atoms with van der Waals surface area (Å²) in [6.45, 7) is 7.13. The molecule has 1 atom stereocenters. The number of hydrogen-bond acceptors (Lipinski definition) is 4. The molecule has 2 amide bonds. The monoisotopic (exact) mass is 333 g/mol. The predicted octanol–water partition coefficient (Wildman–Crippen LogP) is 2.92. The number of amides is 2. The highest BCUT2D eigenvalue weighted by Crippen LogP contribution is 2.29. The Balaban J connectivity index is 2.03. The second-order valence-corrected chi connectivity index (χ2v) is 6.38. The van der Waals surface area contributed by atoms with Gasteiger partial charge in [0.05, 0.1) is 0 Å². The Labute approximate surface area is 141 Å². The third kappa shape index (κ3) is 4.13. The normalized spacial score (nSPS) is 19.4. The van der Waals surface area contributed by atoms with E-state index in [2.05, 4.69) is 10.3 Å². The van der Waals surface area contributed by atoms with Crippen LogP contribution in [0.5, 0.6) is 0 Å². The van der Waals surface area contributed by atoms with Gasteiger partial charge in [0.2, 0.25) is 11.8 Å². The summed E-state index contributed by atoms with van der Waals surface area (Å²) in [5.74, 6) is -0.158. The van der Waals surface area contributed by atoms with Gasteiger partial charge in [0.15, 0.2) is 5.17 Å². The van der Waals surface area contributed by atoms with Crippen LogP contribution in [0.4, 0.5) is 5.69 Å². The first-order valence-corrected chi connectivity index (χ1v) is 8.88. The number of benzene rings is 1. The number of aryl methyl sites for hydroxylation is 1. The summed E-state index contributed by atoms with van der Waals surface area (Å²) in [7, 11) is 0. The van der Waals surface area contributed by atoms with Gasteiger partial charge in [-0.3, -0.25) is 19.5 Å². The van der Waals surface area contributed by atoms with Crippen molar-refractivity contribution in [3.8, 4) is 0 Å². The van der Waals surface area contributed by atoms with Gasteiger partial charge in [0.25, 0.3) is 0 Å². The Morgan fingerprint density at radius 1 is 1.30 bits per heavy atom. The molecule has 0 spiro atoms. The molecule has 0 aromatic heterocycles. The number of rotatable bonds is 6. The Hall–Kier alpha value is -1.82. The largest absolute Gasteiger partial charge is 0.326 e. The van der Waals surface area contributed by atoms with E-state index in [1.54, 1.807) is 4.90 Å². The highest BCUT2D eigenvalue weighted by atomic mass is 32.2. The summed E-state index contributed by atoms with van der Waals surface area (Å²) < 4.78 is 0. The zero-order chi connectivity index (χ0) is 16.8. The maximum Gasteiger partial charge on any atom is 0.242 e. The minimum absolute atomic E-state index is 0.0244. The van der Waals surface area contributed by atoms with E-state index in [1.165, 1.54) is 11.8 Å². The Morgan fingerprint density at radius 2 is 2.04 bits per heavy atom. The van der Waals surface area contributed by atoms with Crippen molar-refractivity contribution in [3.05, 3.63) is 29.8 Å². The number of thioether (sulfide) groups is 1. The molecule has 0 saturated carbocycles. The van der Waals surface area contributed by atoms with Gasteiger partial charge in [-0.1, -0.05) is 36.9 Å². The van der Waals surface area contributed by atoms with Crippen molar-refractivity contribution in [1.82, 2.24) is 4.90 Å². The van der Waals surface area contributed by atoms with Gasteiger partial charge in [-0.25, -0.2) is 0 Å². The molecule has 1 aromatic rings. The number of anilines is 1. The van der Waals surface area contributed by atoms with E-state index in [0.717, 1.165) is 22.8 Å². The quantitative estimate of drug-likeness (QED) is 0.871. The standard InChI is InChI=1S/C17H23N3O2S/c1-4-12-9-7-8-10-13(12)19-15(21)11-14-16(22)20(6-3)17(23-14)18-5-2/h7-10,14H,4-6,11H2,1-3H3,(H,19,21)/t14-/m0/s1. The maximum atomic E-state index is 12.4. The summed E-state index contributed by atoms with van der Waals surface area (Å²) in [4.78, 5) is 30.7. The topological polar surface area (TPSA) is 61.8 Å². The number of nitrogens with one attached hydrogen (secondary N) is 1. The van der Waals surface area contributed by atoms with Crippen LogP contribution in [0.1, 0.15) is 32.8 Å². The Kier molecular flexibility index (Phi) is 6.21. The van der Waals surface area contributed by atoms with Crippen molar-refractivity contribution in [2.75, 3.05) is 18.4 Å². The van der Waals surface area contributed by atoms with Crippen LogP contribution in [-0.2, 0) is 16.0 Å². The first kappa shape index (κ1) is 17.5. The second kappa shape index (κ2) is 8.15. The minimum Gasteiger partial charge on any atom is -0.326 e. The van der Waals surface area contributed by atoms with Gasteiger partial charge in [-0.2, -0.15) is 0 Å². The zero-order valence-corrected chi connectivity index (χ0v) is 14.7. The van der Waals surface area contributed by atoms with Crippen molar-refractivity contribution in [1.29, 1.82) is 0 Å². The number of carbonyl (C=O) groups is 2. The molecule has 23 heavy (non-hydrogen) atoms. The smallest absolute Gasteiger partial charge is 0.242 e. The van der Waals surface area contributed by atoms with E-state index in [0.29, 0.717) is 13.1 Å². The first-order valence-electron chi connectivity index (χ1n) is 8.00. The van der Waals surface area contributed by atoms with E-state index in [9.17, 15) is 9.59 Å². The second-order valence-electron chi connectivity index (χ2n) is 5.21. The van der Waals surface area contributed by atoms with Crippen LogP contribution < -0.4 is 5.32 Å². The van der Waals surface area contributed by atoms with Crippen LogP contribution in [0.15, 0.2) is 29.3 Å². The molecular formula is C17H23N3O2S. The van der Waals surface area contributed by atoms with Gasteiger partial charge in [0.1, 0.15) is 5.25 Å². The fourth-order valence-electron chi connectivity index (χ4n) is 2.51. The minimum atomic E-state index is -0.381. The molecule has 124 valence electrons.